The molecule has 1 N–H and O–H groups in total. The predicted octanol–water partition coefficient (Wildman–Crippen LogP) is 2.97. The van der Waals surface area contributed by atoms with Crippen molar-refractivity contribution in [1.29, 1.82) is 0 Å². The Bertz CT molecular complexity index is 855. The fraction of sp³-hybridized carbons (Fsp3) is 0.250. The number of carbonyl (C=O) groups excluding carboxylic acids is 2. The van der Waals surface area contributed by atoms with Gasteiger partial charge in [0.15, 0.2) is 9.84 Å². The van der Waals surface area contributed by atoms with Crippen LogP contribution in [0.15, 0.2) is 40.6 Å². The van der Waals surface area contributed by atoms with Gasteiger partial charge in [-0.25, -0.2) is 13.2 Å². The number of benzene rings is 1. The first-order chi connectivity index (χ1) is 11.4. The third-order valence-corrected chi connectivity index (χ3v) is 5.85. The van der Waals surface area contributed by atoms with Gasteiger partial charge in [0.1, 0.15) is 5.00 Å². The van der Waals surface area contributed by atoms with Gasteiger partial charge in [-0.15, -0.1) is 11.3 Å². The SMILES string of the molecule is CCOC(=O)c1ccsc1NC(=O)c1ccccc1S(=O)(=O)CC. The summed E-state index contributed by atoms with van der Waals surface area (Å²) in [5.41, 5.74) is 0.286. The number of carbonyl (C=O) groups is 2. The minimum absolute atomic E-state index is 0.0285. The Kier molecular flexibility index (Phi) is 5.74. The van der Waals surface area contributed by atoms with E-state index in [1.54, 1.807) is 30.5 Å². The van der Waals surface area contributed by atoms with Crippen molar-refractivity contribution in [3.05, 3.63) is 46.8 Å². The Balaban J connectivity index is 2.33. The van der Waals surface area contributed by atoms with Gasteiger partial charge in [0.05, 0.1) is 28.4 Å². The summed E-state index contributed by atoms with van der Waals surface area (Å²) in [4.78, 5) is 24.3. The number of esters is 1. The second kappa shape index (κ2) is 7.59. The van der Waals surface area contributed by atoms with E-state index in [0.29, 0.717) is 5.00 Å². The van der Waals surface area contributed by atoms with Gasteiger partial charge in [-0.1, -0.05) is 19.1 Å². The van der Waals surface area contributed by atoms with E-state index in [-0.39, 0.29) is 28.4 Å². The lowest BCUT2D eigenvalue weighted by Gasteiger charge is -2.10. The van der Waals surface area contributed by atoms with E-state index in [1.807, 2.05) is 0 Å². The smallest absolute Gasteiger partial charge is 0.341 e. The van der Waals surface area contributed by atoms with Crippen molar-refractivity contribution in [3.8, 4) is 0 Å². The first-order valence-electron chi connectivity index (χ1n) is 7.28. The van der Waals surface area contributed by atoms with Gasteiger partial charge in [-0.3, -0.25) is 4.79 Å². The highest BCUT2D eigenvalue weighted by molar-refractivity contribution is 7.91. The number of sulfone groups is 1. The van der Waals surface area contributed by atoms with Crippen LogP contribution in [0.3, 0.4) is 0 Å². The van der Waals surface area contributed by atoms with E-state index >= 15 is 0 Å². The van der Waals surface area contributed by atoms with Gasteiger partial charge < -0.3 is 10.1 Å². The number of nitrogens with one attached hydrogen (secondary N) is 1. The molecule has 0 unspecified atom stereocenters. The van der Waals surface area contributed by atoms with Crippen molar-refractivity contribution in [2.45, 2.75) is 18.7 Å². The molecule has 0 spiro atoms. The molecule has 1 amide bonds. The molecule has 2 aromatic rings. The van der Waals surface area contributed by atoms with Gasteiger partial charge in [-0.05, 0) is 30.5 Å². The van der Waals surface area contributed by atoms with Crippen LogP contribution in [0.25, 0.3) is 0 Å². The quantitative estimate of drug-likeness (QED) is 0.793. The Hall–Kier alpha value is -2.19. The second-order valence-electron chi connectivity index (χ2n) is 4.74. The Morgan fingerprint density at radius 3 is 2.50 bits per heavy atom. The summed E-state index contributed by atoms with van der Waals surface area (Å²) in [6.07, 6.45) is 0. The van der Waals surface area contributed by atoms with Gasteiger partial charge >= 0.3 is 5.97 Å². The molecule has 0 fully saturated rings. The molecule has 0 radical (unpaired) electrons. The molecule has 6 nitrogen and oxygen atoms in total. The Morgan fingerprint density at radius 2 is 1.83 bits per heavy atom. The molecule has 24 heavy (non-hydrogen) atoms. The number of hydrogen-bond acceptors (Lipinski definition) is 6. The molecule has 1 aromatic carbocycles. The fourth-order valence-electron chi connectivity index (χ4n) is 2.03. The summed E-state index contributed by atoms with van der Waals surface area (Å²) in [7, 11) is -3.54. The summed E-state index contributed by atoms with van der Waals surface area (Å²) in [6, 6.07) is 7.54. The zero-order chi connectivity index (χ0) is 17.7. The number of amides is 1. The van der Waals surface area contributed by atoms with Crippen molar-refractivity contribution >= 4 is 38.1 Å². The van der Waals surface area contributed by atoms with E-state index in [4.69, 9.17) is 4.74 Å². The molecule has 8 heteroatoms. The van der Waals surface area contributed by atoms with Crippen LogP contribution in [0.4, 0.5) is 5.00 Å². The number of ether oxygens (including phenoxy) is 1. The average molecular weight is 367 g/mol. The molecular weight excluding hydrogens is 350 g/mol. The Labute approximate surface area is 144 Å². The molecule has 2 rings (SSSR count). The van der Waals surface area contributed by atoms with Crippen LogP contribution in [0.1, 0.15) is 34.6 Å². The molecule has 128 valence electrons. The fourth-order valence-corrected chi connectivity index (χ4v) is 3.89. The van der Waals surface area contributed by atoms with E-state index in [9.17, 15) is 18.0 Å². The first kappa shape index (κ1) is 18.2. The monoisotopic (exact) mass is 367 g/mol. The first-order valence-corrected chi connectivity index (χ1v) is 9.81. The lowest BCUT2D eigenvalue weighted by Crippen LogP contribution is -2.18. The highest BCUT2D eigenvalue weighted by Crippen LogP contribution is 2.26. The van der Waals surface area contributed by atoms with Crippen LogP contribution < -0.4 is 5.32 Å². The zero-order valence-corrected chi connectivity index (χ0v) is 14.9. The third-order valence-electron chi connectivity index (χ3n) is 3.23. The largest absolute Gasteiger partial charge is 0.462 e. The van der Waals surface area contributed by atoms with E-state index < -0.39 is 21.7 Å². The van der Waals surface area contributed by atoms with Crippen LogP contribution in [0.5, 0.6) is 0 Å². The molecule has 0 atom stereocenters. The summed E-state index contributed by atoms with van der Waals surface area (Å²) in [5.74, 6) is -1.23. The van der Waals surface area contributed by atoms with Gasteiger partial charge in [0.25, 0.3) is 5.91 Å². The minimum Gasteiger partial charge on any atom is -0.462 e. The van der Waals surface area contributed by atoms with Crippen LogP contribution in [-0.4, -0.2) is 32.7 Å². The van der Waals surface area contributed by atoms with Crippen molar-refractivity contribution in [1.82, 2.24) is 0 Å². The number of rotatable bonds is 6. The zero-order valence-electron chi connectivity index (χ0n) is 13.2. The predicted molar refractivity (Wildman–Crippen MR) is 92.4 cm³/mol. The maximum Gasteiger partial charge on any atom is 0.341 e. The van der Waals surface area contributed by atoms with Crippen molar-refractivity contribution in [3.63, 3.8) is 0 Å². The average Bonchev–Trinajstić information content (AvgIpc) is 3.03. The Morgan fingerprint density at radius 1 is 1.12 bits per heavy atom. The summed E-state index contributed by atoms with van der Waals surface area (Å²) in [6.45, 7) is 3.43. The van der Waals surface area contributed by atoms with Crippen LogP contribution in [0, 0.1) is 0 Å². The summed E-state index contributed by atoms with van der Waals surface area (Å²) < 4.78 is 29.2. The molecule has 1 aromatic heterocycles. The molecular formula is C16H17NO5S2. The maximum atomic E-state index is 12.5. The normalized spacial score (nSPS) is 11.1. The number of anilines is 1. The van der Waals surface area contributed by atoms with E-state index in [0.717, 1.165) is 11.3 Å². The van der Waals surface area contributed by atoms with Crippen LogP contribution in [-0.2, 0) is 14.6 Å². The van der Waals surface area contributed by atoms with E-state index in [2.05, 4.69) is 5.32 Å². The molecule has 0 bridgehead atoms. The van der Waals surface area contributed by atoms with Crippen molar-refractivity contribution in [2.75, 3.05) is 17.7 Å². The van der Waals surface area contributed by atoms with E-state index in [1.165, 1.54) is 19.1 Å². The number of thiophene rings is 1. The lowest BCUT2D eigenvalue weighted by molar-refractivity contribution is 0.0528. The second-order valence-corrected chi connectivity index (χ2v) is 7.90. The van der Waals surface area contributed by atoms with Crippen molar-refractivity contribution < 1.29 is 22.7 Å². The highest BCUT2D eigenvalue weighted by Gasteiger charge is 2.22. The maximum absolute atomic E-state index is 12.5. The molecule has 0 saturated carbocycles. The molecule has 0 saturated heterocycles. The van der Waals surface area contributed by atoms with Crippen LogP contribution >= 0.6 is 11.3 Å². The minimum atomic E-state index is -3.54. The highest BCUT2D eigenvalue weighted by atomic mass is 32.2. The standard InChI is InChI=1S/C16H17NO5S2/c1-3-22-16(19)12-9-10-23-15(12)17-14(18)11-7-5-6-8-13(11)24(20,21)4-2/h5-10H,3-4H2,1-2H3,(H,17,18). The lowest BCUT2D eigenvalue weighted by atomic mass is 10.2. The molecule has 0 aliphatic rings. The molecule has 0 aliphatic carbocycles. The topological polar surface area (TPSA) is 89.5 Å². The van der Waals surface area contributed by atoms with Crippen molar-refractivity contribution in [2.24, 2.45) is 0 Å². The van der Waals surface area contributed by atoms with Gasteiger partial charge in [0, 0.05) is 0 Å². The number of hydrogen-bond donors (Lipinski definition) is 1. The molecule has 1 heterocycles. The van der Waals surface area contributed by atoms with Gasteiger partial charge in [0.2, 0.25) is 0 Å². The third kappa shape index (κ3) is 3.82. The van der Waals surface area contributed by atoms with Gasteiger partial charge in [-0.2, -0.15) is 0 Å². The van der Waals surface area contributed by atoms with Crippen LogP contribution in [0.2, 0.25) is 0 Å². The summed E-state index contributed by atoms with van der Waals surface area (Å²) in [5, 5.41) is 4.57. The molecule has 0 aliphatic heterocycles. The summed E-state index contributed by atoms with van der Waals surface area (Å²) >= 11 is 1.16.